The summed E-state index contributed by atoms with van der Waals surface area (Å²) in [6, 6.07) is 5.65. The molecule has 0 unspecified atom stereocenters. The van der Waals surface area contributed by atoms with Gasteiger partial charge in [-0.25, -0.2) is 0 Å². The van der Waals surface area contributed by atoms with Crippen LogP contribution in [0.5, 0.6) is 0 Å². The van der Waals surface area contributed by atoms with E-state index in [0.717, 1.165) is 23.2 Å². The van der Waals surface area contributed by atoms with Gasteiger partial charge in [0.2, 0.25) is 5.91 Å². The number of ether oxygens (including phenoxy) is 1. The average Bonchev–Trinajstić information content (AvgIpc) is 2.81. The summed E-state index contributed by atoms with van der Waals surface area (Å²) < 4.78 is 4.76. The fourth-order valence-electron chi connectivity index (χ4n) is 2.56. The molecule has 0 atom stereocenters. The van der Waals surface area contributed by atoms with Crippen molar-refractivity contribution in [1.82, 2.24) is 0 Å². The zero-order valence-corrected chi connectivity index (χ0v) is 12.3. The first-order valence-electron chi connectivity index (χ1n) is 7.08. The molecular weight excluding hydrogens is 270 g/mol. The van der Waals surface area contributed by atoms with Gasteiger partial charge in [0, 0.05) is 25.6 Å². The van der Waals surface area contributed by atoms with Crippen molar-refractivity contribution in [3.8, 4) is 0 Å². The predicted octanol–water partition coefficient (Wildman–Crippen LogP) is 1.66. The molecule has 1 aromatic rings. The largest absolute Gasteiger partial charge is 0.466 e. The van der Waals surface area contributed by atoms with Gasteiger partial charge in [-0.3, -0.25) is 14.4 Å². The summed E-state index contributed by atoms with van der Waals surface area (Å²) in [5, 5.41) is 0. The number of Topliss-reactive ketones (excluding diaryl/α,β-unsaturated/α-hetero) is 1. The van der Waals surface area contributed by atoms with Crippen molar-refractivity contribution < 1.29 is 19.1 Å². The Labute approximate surface area is 123 Å². The summed E-state index contributed by atoms with van der Waals surface area (Å²) in [7, 11) is 0. The SMILES string of the molecule is CCOC(=O)CC(=O)Cc1ccc2c(c1)CCN2C(C)=O. The van der Waals surface area contributed by atoms with Crippen LogP contribution in [-0.4, -0.2) is 30.8 Å². The maximum atomic E-state index is 11.8. The van der Waals surface area contributed by atoms with E-state index in [0.29, 0.717) is 6.54 Å². The lowest BCUT2D eigenvalue weighted by molar-refractivity contribution is -0.145. The van der Waals surface area contributed by atoms with Crippen LogP contribution < -0.4 is 4.90 Å². The Bertz CT molecular complexity index is 580. The van der Waals surface area contributed by atoms with E-state index in [2.05, 4.69) is 0 Å². The average molecular weight is 289 g/mol. The number of hydrogen-bond acceptors (Lipinski definition) is 4. The molecule has 1 heterocycles. The lowest BCUT2D eigenvalue weighted by Crippen LogP contribution is -2.25. The summed E-state index contributed by atoms with van der Waals surface area (Å²) in [5.74, 6) is -0.610. The molecule has 0 saturated heterocycles. The second-order valence-corrected chi connectivity index (χ2v) is 5.08. The van der Waals surface area contributed by atoms with Crippen molar-refractivity contribution in [1.29, 1.82) is 0 Å². The number of anilines is 1. The van der Waals surface area contributed by atoms with Gasteiger partial charge < -0.3 is 9.64 Å². The van der Waals surface area contributed by atoms with E-state index in [1.54, 1.807) is 18.7 Å². The Hall–Kier alpha value is -2.17. The predicted molar refractivity (Wildman–Crippen MR) is 78.1 cm³/mol. The molecule has 0 spiro atoms. The first kappa shape index (κ1) is 15.2. The number of rotatable bonds is 5. The zero-order chi connectivity index (χ0) is 15.4. The van der Waals surface area contributed by atoms with Gasteiger partial charge in [-0.1, -0.05) is 12.1 Å². The van der Waals surface area contributed by atoms with E-state index >= 15 is 0 Å². The van der Waals surface area contributed by atoms with E-state index in [-0.39, 0.29) is 31.1 Å². The molecule has 0 aliphatic carbocycles. The molecule has 1 aliphatic heterocycles. The van der Waals surface area contributed by atoms with E-state index in [1.165, 1.54) is 0 Å². The maximum Gasteiger partial charge on any atom is 0.313 e. The second-order valence-electron chi connectivity index (χ2n) is 5.08. The zero-order valence-electron chi connectivity index (χ0n) is 12.3. The van der Waals surface area contributed by atoms with Crippen molar-refractivity contribution in [2.45, 2.75) is 33.1 Å². The van der Waals surface area contributed by atoms with Crippen LogP contribution in [0.1, 0.15) is 31.4 Å². The second kappa shape index (κ2) is 6.52. The molecule has 1 amide bonds. The minimum Gasteiger partial charge on any atom is -0.466 e. The van der Waals surface area contributed by atoms with Crippen molar-refractivity contribution in [3.63, 3.8) is 0 Å². The summed E-state index contributed by atoms with van der Waals surface area (Å²) >= 11 is 0. The van der Waals surface area contributed by atoms with E-state index < -0.39 is 5.97 Å². The standard InChI is InChI=1S/C16H19NO4/c1-3-21-16(20)10-14(19)9-12-4-5-15-13(8-12)6-7-17(15)11(2)18/h4-5,8H,3,6-7,9-10H2,1-2H3. The summed E-state index contributed by atoms with van der Waals surface area (Å²) in [6.45, 7) is 4.23. The fraction of sp³-hybridized carbons (Fsp3) is 0.438. The minimum atomic E-state index is -0.480. The fourth-order valence-corrected chi connectivity index (χ4v) is 2.56. The normalized spacial score (nSPS) is 13.0. The molecule has 0 N–H and O–H groups in total. The smallest absolute Gasteiger partial charge is 0.313 e. The van der Waals surface area contributed by atoms with Crippen molar-refractivity contribution in [3.05, 3.63) is 29.3 Å². The van der Waals surface area contributed by atoms with Gasteiger partial charge in [-0.05, 0) is 30.5 Å². The van der Waals surface area contributed by atoms with Gasteiger partial charge in [-0.15, -0.1) is 0 Å². The lowest BCUT2D eigenvalue weighted by Gasteiger charge is -2.14. The number of amides is 1. The van der Waals surface area contributed by atoms with Gasteiger partial charge in [0.25, 0.3) is 0 Å². The van der Waals surface area contributed by atoms with E-state index in [1.807, 2.05) is 18.2 Å². The van der Waals surface area contributed by atoms with Gasteiger partial charge in [0.1, 0.15) is 12.2 Å². The molecule has 1 aromatic carbocycles. The summed E-state index contributed by atoms with van der Waals surface area (Å²) in [5.41, 5.74) is 2.86. The monoisotopic (exact) mass is 289 g/mol. The Morgan fingerprint density at radius 1 is 1.29 bits per heavy atom. The number of benzene rings is 1. The molecule has 5 nitrogen and oxygen atoms in total. The van der Waals surface area contributed by atoms with Crippen LogP contribution in [0.3, 0.4) is 0 Å². The Morgan fingerprint density at radius 2 is 2.05 bits per heavy atom. The number of fused-ring (bicyclic) bond motifs is 1. The van der Waals surface area contributed by atoms with Gasteiger partial charge in [0.15, 0.2) is 0 Å². The third-order valence-electron chi connectivity index (χ3n) is 3.47. The molecule has 21 heavy (non-hydrogen) atoms. The Morgan fingerprint density at radius 3 is 2.71 bits per heavy atom. The lowest BCUT2D eigenvalue weighted by atomic mass is 10.0. The Kier molecular flexibility index (Phi) is 4.73. The molecule has 5 heteroatoms. The van der Waals surface area contributed by atoms with Crippen molar-refractivity contribution in [2.24, 2.45) is 0 Å². The molecule has 0 aromatic heterocycles. The molecule has 1 aliphatic rings. The number of carbonyl (C=O) groups is 3. The first-order chi connectivity index (χ1) is 10.0. The molecular formula is C16H19NO4. The molecule has 0 saturated carbocycles. The van der Waals surface area contributed by atoms with Crippen LogP contribution in [0.25, 0.3) is 0 Å². The van der Waals surface area contributed by atoms with E-state index in [4.69, 9.17) is 4.74 Å². The number of esters is 1. The van der Waals surface area contributed by atoms with Crippen LogP contribution in [0.15, 0.2) is 18.2 Å². The molecule has 0 bridgehead atoms. The van der Waals surface area contributed by atoms with Crippen LogP contribution >= 0.6 is 0 Å². The maximum absolute atomic E-state index is 11.8. The highest BCUT2D eigenvalue weighted by Crippen LogP contribution is 2.29. The Balaban J connectivity index is 2.02. The first-order valence-corrected chi connectivity index (χ1v) is 7.08. The molecule has 0 radical (unpaired) electrons. The third kappa shape index (κ3) is 3.68. The molecule has 112 valence electrons. The number of carbonyl (C=O) groups excluding carboxylic acids is 3. The molecule has 2 rings (SSSR count). The van der Waals surface area contributed by atoms with Gasteiger partial charge >= 0.3 is 5.97 Å². The topological polar surface area (TPSA) is 63.7 Å². The number of ketones is 1. The van der Waals surface area contributed by atoms with Crippen LogP contribution in [0, 0.1) is 0 Å². The van der Waals surface area contributed by atoms with E-state index in [9.17, 15) is 14.4 Å². The molecule has 0 fully saturated rings. The summed E-state index contributed by atoms with van der Waals surface area (Å²) in [6.07, 6.45) is 0.825. The van der Waals surface area contributed by atoms with Gasteiger partial charge in [0.05, 0.1) is 6.61 Å². The highest BCUT2D eigenvalue weighted by Gasteiger charge is 2.22. The third-order valence-corrected chi connectivity index (χ3v) is 3.47. The van der Waals surface area contributed by atoms with Crippen LogP contribution in [0.4, 0.5) is 5.69 Å². The quantitative estimate of drug-likeness (QED) is 0.611. The van der Waals surface area contributed by atoms with Crippen LogP contribution in [0.2, 0.25) is 0 Å². The van der Waals surface area contributed by atoms with Crippen molar-refractivity contribution in [2.75, 3.05) is 18.1 Å². The summed E-state index contributed by atoms with van der Waals surface area (Å²) in [4.78, 5) is 36.3. The highest BCUT2D eigenvalue weighted by atomic mass is 16.5. The number of hydrogen-bond donors (Lipinski definition) is 0. The van der Waals surface area contributed by atoms with Gasteiger partial charge in [-0.2, -0.15) is 0 Å². The highest BCUT2D eigenvalue weighted by molar-refractivity contribution is 5.97. The number of nitrogens with zero attached hydrogens (tertiary/aromatic N) is 1. The van der Waals surface area contributed by atoms with Crippen molar-refractivity contribution >= 4 is 23.3 Å². The minimum absolute atomic E-state index is 0.0277. The van der Waals surface area contributed by atoms with Crippen LogP contribution in [-0.2, 0) is 32.0 Å².